The van der Waals surface area contributed by atoms with E-state index in [4.69, 9.17) is 9.47 Å². The van der Waals surface area contributed by atoms with Crippen LogP contribution < -0.4 is 16.0 Å². The quantitative estimate of drug-likeness (QED) is 0.258. The van der Waals surface area contributed by atoms with Gasteiger partial charge >= 0.3 is 6.09 Å². The molecule has 3 N–H and O–H groups in total. The van der Waals surface area contributed by atoms with E-state index >= 15 is 4.39 Å². The van der Waals surface area contributed by atoms with Gasteiger partial charge in [-0.3, -0.25) is 4.79 Å². The number of halogens is 3. The highest BCUT2D eigenvalue weighted by atomic mass is 32.2. The van der Waals surface area contributed by atoms with Crippen molar-refractivity contribution in [2.45, 2.75) is 61.5 Å². The number of nitrogens with one attached hydrogen (secondary N) is 3. The van der Waals surface area contributed by atoms with E-state index in [1.165, 1.54) is 28.6 Å². The third-order valence-corrected chi connectivity index (χ3v) is 11.3. The van der Waals surface area contributed by atoms with E-state index in [9.17, 15) is 26.8 Å². The van der Waals surface area contributed by atoms with Gasteiger partial charge < -0.3 is 25.4 Å². The van der Waals surface area contributed by atoms with Crippen molar-refractivity contribution in [3.63, 3.8) is 0 Å². The molecule has 3 aromatic rings. The Labute approximate surface area is 284 Å². The van der Waals surface area contributed by atoms with E-state index in [2.05, 4.69) is 16.0 Å². The normalized spacial score (nSPS) is 20.3. The molecule has 5 rings (SSSR count). The topological polar surface area (TPSA) is 126 Å². The fraction of sp³-hybridized carbons (Fsp3) is 0.429. The minimum absolute atomic E-state index is 0.0732. The lowest BCUT2D eigenvalue weighted by Gasteiger charge is -2.40. The molecule has 2 aliphatic rings. The number of nitrogens with zero attached hydrogens (tertiary/aromatic N) is 1. The molecule has 0 aromatic heterocycles. The van der Waals surface area contributed by atoms with E-state index in [-0.39, 0.29) is 40.9 Å². The zero-order valence-corrected chi connectivity index (χ0v) is 28.1. The van der Waals surface area contributed by atoms with E-state index in [1.807, 2.05) is 6.92 Å². The SMILES string of the molecule is COC(=O)N[C@H](C(=O)Nc1cccc(F)c1CC[C@H]1CNC[C@H](C)N1S(=O)(=O)c1ccccc1)C(c1ccc(F)c(F)c1)C1CCOCC1. The standard InChI is InChI=1S/C35H41F3N4O6S/c1-22-20-39-21-25(42(22)49(45,46)26-7-4-3-5-8-26)12-13-27-28(36)9-6-10-31(27)40-34(43)33(41-35(44)47-2)32(23-15-17-48-18-16-23)24-11-14-29(37)30(38)19-24/h3-11,14,19,22-23,25,32-33,39H,12-13,15-18,20-21H2,1-2H3,(H,40,43)(H,41,44)/t22-,25-,32?,33-/m0/s1. The zero-order valence-electron chi connectivity index (χ0n) is 27.3. The number of ether oxygens (including phenoxy) is 2. The van der Waals surface area contributed by atoms with Crippen LogP contribution in [-0.2, 0) is 30.7 Å². The second-order valence-corrected chi connectivity index (χ2v) is 14.2. The number of alkyl carbamates (subject to hydrolysis) is 1. The van der Waals surface area contributed by atoms with Crippen molar-refractivity contribution >= 4 is 27.7 Å². The summed E-state index contributed by atoms with van der Waals surface area (Å²) in [5, 5.41) is 8.60. The number of benzene rings is 3. The maximum atomic E-state index is 15.5. The summed E-state index contributed by atoms with van der Waals surface area (Å²) in [7, 11) is -2.73. The van der Waals surface area contributed by atoms with Gasteiger partial charge in [0.15, 0.2) is 11.6 Å². The average Bonchev–Trinajstić information content (AvgIpc) is 3.09. The van der Waals surface area contributed by atoms with Gasteiger partial charge in [-0.15, -0.1) is 0 Å². The van der Waals surface area contributed by atoms with Crippen molar-refractivity contribution in [3.05, 3.63) is 95.3 Å². The number of hydrogen-bond acceptors (Lipinski definition) is 7. The van der Waals surface area contributed by atoms with Crippen molar-refractivity contribution in [2.75, 3.05) is 38.7 Å². The first-order valence-electron chi connectivity index (χ1n) is 16.3. The van der Waals surface area contributed by atoms with Crippen LogP contribution in [0, 0.1) is 23.4 Å². The van der Waals surface area contributed by atoms with Gasteiger partial charge in [0, 0.05) is 55.6 Å². The highest BCUT2D eigenvalue weighted by molar-refractivity contribution is 7.89. The Morgan fingerprint density at radius 2 is 1.71 bits per heavy atom. The number of carbonyl (C=O) groups is 2. The molecule has 2 amide bonds. The van der Waals surface area contributed by atoms with Crippen LogP contribution >= 0.6 is 0 Å². The lowest BCUT2D eigenvalue weighted by Crippen LogP contribution is -2.58. The molecule has 0 radical (unpaired) electrons. The molecule has 49 heavy (non-hydrogen) atoms. The predicted molar refractivity (Wildman–Crippen MR) is 177 cm³/mol. The molecule has 0 bridgehead atoms. The molecular formula is C35H41F3N4O6S. The third kappa shape index (κ3) is 8.43. The Hall–Kier alpha value is -3.98. The van der Waals surface area contributed by atoms with Crippen molar-refractivity contribution in [2.24, 2.45) is 5.92 Å². The summed E-state index contributed by atoms with van der Waals surface area (Å²) in [6, 6.07) is 13.5. The van der Waals surface area contributed by atoms with Crippen LogP contribution in [0.15, 0.2) is 71.6 Å². The minimum Gasteiger partial charge on any atom is -0.453 e. The average molecular weight is 703 g/mol. The minimum atomic E-state index is -3.86. The Morgan fingerprint density at radius 3 is 2.41 bits per heavy atom. The van der Waals surface area contributed by atoms with Crippen molar-refractivity contribution < 1.29 is 40.7 Å². The van der Waals surface area contributed by atoms with Crippen LogP contribution in [0.3, 0.4) is 0 Å². The fourth-order valence-corrected chi connectivity index (χ4v) is 8.73. The number of carbonyl (C=O) groups excluding carboxylic acids is 2. The second-order valence-electron chi connectivity index (χ2n) is 12.4. The van der Waals surface area contributed by atoms with E-state index in [0.29, 0.717) is 44.7 Å². The maximum Gasteiger partial charge on any atom is 0.407 e. The second kappa shape index (κ2) is 16.2. The van der Waals surface area contributed by atoms with Crippen molar-refractivity contribution in [3.8, 4) is 0 Å². The van der Waals surface area contributed by atoms with Gasteiger partial charge in [-0.2, -0.15) is 4.31 Å². The van der Waals surface area contributed by atoms with Gasteiger partial charge in [-0.1, -0.05) is 30.3 Å². The van der Waals surface area contributed by atoms with Crippen LogP contribution in [0.4, 0.5) is 23.7 Å². The summed E-state index contributed by atoms with van der Waals surface area (Å²) in [5.74, 6) is -4.57. The molecule has 2 saturated heterocycles. The molecule has 4 atom stereocenters. The summed E-state index contributed by atoms with van der Waals surface area (Å²) >= 11 is 0. The molecule has 264 valence electrons. The highest BCUT2D eigenvalue weighted by Gasteiger charge is 2.40. The molecule has 10 nitrogen and oxygen atoms in total. The summed E-state index contributed by atoms with van der Waals surface area (Å²) < 4.78 is 83.2. The summed E-state index contributed by atoms with van der Waals surface area (Å²) in [4.78, 5) is 26.9. The van der Waals surface area contributed by atoms with Crippen LogP contribution in [0.1, 0.15) is 43.2 Å². The number of rotatable bonds is 11. The van der Waals surface area contributed by atoms with Crippen LogP contribution in [0.5, 0.6) is 0 Å². The number of sulfonamides is 1. The van der Waals surface area contributed by atoms with Gasteiger partial charge in [-0.05, 0) is 80.5 Å². The van der Waals surface area contributed by atoms with Crippen LogP contribution in [0.2, 0.25) is 0 Å². The first-order chi connectivity index (χ1) is 23.5. The van der Waals surface area contributed by atoms with E-state index < -0.39 is 57.5 Å². The highest BCUT2D eigenvalue weighted by Crippen LogP contribution is 2.37. The molecule has 2 fully saturated rings. The maximum absolute atomic E-state index is 15.5. The number of hydrogen-bond donors (Lipinski definition) is 3. The lowest BCUT2D eigenvalue weighted by atomic mass is 9.76. The fourth-order valence-electron chi connectivity index (χ4n) is 6.86. The summed E-state index contributed by atoms with van der Waals surface area (Å²) in [5.41, 5.74) is 0.575. The molecular weight excluding hydrogens is 661 g/mol. The monoisotopic (exact) mass is 702 g/mol. The lowest BCUT2D eigenvalue weighted by molar-refractivity contribution is -0.119. The predicted octanol–water partition coefficient (Wildman–Crippen LogP) is 4.96. The molecule has 14 heteroatoms. The van der Waals surface area contributed by atoms with Gasteiger partial charge in [0.2, 0.25) is 15.9 Å². The van der Waals surface area contributed by atoms with Crippen molar-refractivity contribution in [1.82, 2.24) is 14.9 Å². The van der Waals surface area contributed by atoms with Gasteiger partial charge in [0.05, 0.1) is 12.0 Å². The molecule has 3 aromatic carbocycles. The molecule has 0 spiro atoms. The molecule has 2 heterocycles. The largest absolute Gasteiger partial charge is 0.453 e. The Bertz CT molecular complexity index is 1730. The number of anilines is 1. The Morgan fingerprint density at radius 1 is 0.980 bits per heavy atom. The summed E-state index contributed by atoms with van der Waals surface area (Å²) in [6.45, 7) is 3.35. The van der Waals surface area contributed by atoms with Gasteiger partial charge in [0.25, 0.3) is 0 Å². The molecule has 0 aliphatic carbocycles. The Balaban J connectivity index is 1.43. The Kier molecular flexibility index (Phi) is 12.0. The molecule has 1 unspecified atom stereocenters. The molecule has 2 aliphatic heterocycles. The smallest absolute Gasteiger partial charge is 0.407 e. The molecule has 0 saturated carbocycles. The van der Waals surface area contributed by atoms with E-state index in [0.717, 1.165) is 19.2 Å². The van der Waals surface area contributed by atoms with Crippen molar-refractivity contribution in [1.29, 1.82) is 0 Å². The number of methoxy groups -OCH3 is 1. The first-order valence-corrected chi connectivity index (χ1v) is 17.7. The van der Waals surface area contributed by atoms with Gasteiger partial charge in [-0.25, -0.2) is 26.4 Å². The number of amides is 2. The third-order valence-electron chi connectivity index (χ3n) is 9.24. The van der Waals surface area contributed by atoms with Gasteiger partial charge in [0.1, 0.15) is 11.9 Å². The first kappa shape index (κ1) is 36.3. The van der Waals surface area contributed by atoms with Crippen LogP contribution in [0.25, 0.3) is 0 Å². The zero-order chi connectivity index (χ0) is 35.1. The number of piperazine rings is 1. The van der Waals surface area contributed by atoms with Crippen LogP contribution in [-0.4, -0.2) is 76.3 Å². The summed E-state index contributed by atoms with van der Waals surface area (Å²) in [6.07, 6.45) is 0.355. The van der Waals surface area contributed by atoms with E-state index in [1.54, 1.807) is 30.3 Å².